The van der Waals surface area contributed by atoms with Gasteiger partial charge in [0.1, 0.15) is 5.75 Å². The molecule has 0 spiro atoms. The lowest BCUT2D eigenvalue weighted by Gasteiger charge is -2.11. The van der Waals surface area contributed by atoms with Crippen LogP contribution in [0.2, 0.25) is 0 Å². The van der Waals surface area contributed by atoms with E-state index in [1.807, 2.05) is 30.3 Å². The van der Waals surface area contributed by atoms with E-state index in [1.54, 1.807) is 19.2 Å². The number of ether oxygens (including phenoxy) is 1. The number of halogens is 1. The van der Waals surface area contributed by atoms with E-state index in [4.69, 9.17) is 10.00 Å². The van der Waals surface area contributed by atoms with Gasteiger partial charge < -0.3 is 10.1 Å². The summed E-state index contributed by atoms with van der Waals surface area (Å²) in [5.74, 6) is 0.851. The van der Waals surface area contributed by atoms with Gasteiger partial charge >= 0.3 is 0 Å². The molecule has 0 aliphatic heterocycles. The van der Waals surface area contributed by atoms with Crippen LogP contribution in [0.5, 0.6) is 5.75 Å². The molecule has 0 unspecified atom stereocenters. The Hall–Kier alpha value is -1.99. The molecule has 96 valence electrons. The molecule has 0 radical (unpaired) electrons. The summed E-state index contributed by atoms with van der Waals surface area (Å²) in [5, 5.41) is 12.0. The van der Waals surface area contributed by atoms with Crippen LogP contribution >= 0.6 is 15.9 Å². The smallest absolute Gasteiger partial charge is 0.123 e. The van der Waals surface area contributed by atoms with Crippen molar-refractivity contribution < 1.29 is 4.74 Å². The zero-order chi connectivity index (χ0) is 13.7. The van der Waals surface area contributed by atoms with E-state index >= 15 is 0 Å². The second kappa shape index (κ2) is 6.26. The molecule has 0 bridgehead atoms. The molecule has 0 atom stereocenters. The number of methoxy groups -OCH3 is 1. The van der Waals surface area contributed by atoms with Crippen LogP contribution in [0.15, 0.2) is 46.9 Å². The van der Waals surface area contributed by atoms with Crippen LogP contribution in [-0.4, -0.2) is 7.11 Å². The SMILES string of the molecule is COc1ccc(Br)cc1CNc1ccc(C#N)cc1. The summed E-state index contributed by atoms with van der Waals surface area (Å²) >= 11 is 3.45. The fraction of sp³-hybridized carbons (Fsp3) is 0.133. The van der Waals surface area contributed by atoms with Crippen LogP contribution in [0, 0.1) is 11.3 Å². The van der Waals surface area contributed by atoms with Gasteiger partial charge in [0.25, 0.3) is 0 Å². The van der Waals surface area contributed by atoms with Crippen LogP contribution in [0.3, 0.4) is 0 Å². The monoisotopic (exact) mass is 316 g/mol. The molecule has 0 heterocycles. The van der Waals surface area contributed by atoms with Gasteiger partial charge in [0, 0.05) is 22.3 Å². The van der Waals surface area contributed by atoms with Gasteiger partial charge in [0.05, 0.1) is 18.7 Å². The second-order valence-corrected chi connectivity index (χ2v) is 4.91. The average molecular weight is 317 g/mol. The maximum absolute atomic E-state index is 8.74. The van der Waals surface area contributed by atoms with Gasteiger partial charge in [-0.05, 0) is 42.5 Å². The molecular weight excluding hydrogens is 304 g/mol. The molecular formula is C15H13BrN2O. The predicted octanol–water partition coefficient (Wildman–Crippen LogP) is 3.94. The summed E-state index contributed by atoms with van der Waals surface area (Å²) in [4.78, 5) is 0. The molecule has 3 nitrogen and oxygen atoms in total. The maximum atomic E-state index is 8.74. The van der Waals surface area contributed by atoms with E-state index in [1.165, 1.54) is 0 Å². The lowest BCUT2D eigenvalue weighted by molar-refractivity contribution is 0.410. The van der Waals surface area contributed by atoms with Gasteiger partial charge in [-0.1, -0.05) is 15.9 Å². The summed E-state index contributed by atoms with van der Waals surface area (Å²) in [6, 6.07) is 15.4. The molecule has 0 aliphatic carbocycles. The van der Waals surface area contributed by atoms with E-state index in [2.05, 4.69) is 27.3 Å². The molecule has 2 aromatic rings. The first-order valence-corrected chi connectivity index (χ1v) is 6.58. The number of nitrogens with zero attached hydrogens (tertiary/aromatic N) is 1. The molecule has 19 heavy (non-hydrogen) atoms. The number of nitriles is 1. The Bertz CT molecular complexity index is 603. The second-order valence-electron chi connectivity index (χ2n) is 4.00. The first-order valence-electron chi connectivity index (χ1n) is 5.79. The Kier molecular flexibility index (Phi) is 4.43. The largest absolute Gasteiger partial charge is 0.496 e. The van der Waals surface area contributed by atoms with Crippen LogP contribution < -0.4 is 10.1 Å². The van der Waals surface area contributed by atoms with Crippen molar-refractivity contribution in [2.24, 2.45) is 0 Å². The zero-order valence-corrected chi connectivity index (χ0v) is 12.1. The summed E-state index contributed by atoms with van der Waals surface area (Å²) < 4.78 is 6.34. The van der Waals surface area contributed by atoms with Gasteiger partial charge in [0.2, 0.25) is 0 Å². The van der Waals surface area contributed by atoms with Crippen LogP contribution in [0.25, 0.3) is 0 Å². The Balaban J connectivity index is 2.09. The molecule has 4 heteroatoms. The highest BCUT2D eigenvalue weighted by atomic mass is 79.9. The molecule has 0 amide bonds. The zero-order valence-electron chi connectivity index (χ0n) is 10.5. The highest BCUT2D eigenvalue weighted by Crippen LogP contribution is 2.24. The number of hydrogen-bond acceptors (Lipinski definition) is 3. The third kappa shape index (κ3) is 3.49. The molecule has 0 saturated carbocycles. The van der Waals surface area contributed by atoms with E-state index in [-0.39, 0.29) is 0 Å². The maximum Gasteiger partial charge on any atom is 0.123 e. The van der Waals surface area contributed by atoms with E-state index in [0.717, 1.165) is 21.5 Å². The van der Waals surface area contributed by atoms with Gasteiger partial charge in [-0.3, -0.25) is 0 Å². The van der Waals surface area contributed by atoms with Crippen molar-refractivity contribution in [2.75, 3.05) is 12.4 Å². The van der Waals surface area contributed by atoms with Crippen molar-refractivity contribution in [3.05, 3.63) is 58.1 Å². The minimum atomic E-state index is 0.658. The number of nitrogens with one attached hydrogen (secondary N) is 1. The Labute approximate surface area is 121 Å². The molecule has 2 aromatic carbocycles. The van der Waals surface area contributed by atoms with E-state index in [0.29, 0.717) is 12.1 Å². The van der Waals surface area contributed by atoms with Crippen molar-refractivity contribution in [3.63, 3.8) is 0 Å². The lowest BCUT2D eigenvalue weighted by Crippen LogP contribution is -2.01. The number of rotatable bonds is 4. The lowest BCUT2D eigenvalue weighted by atomic mass is 10.2. The molecule has 0 aromatic heterocycles. The number of benzene rings is 2. The Morgan fingerprint density at radius 3 is 2.58 bits per heavy atom. The van der Waals surface area contributed by atoms with Gasteiger partial charge in [-0.25, -0.2) is 0 Å². The standard InChI is InChI=1S/C15H13BrN2O/c1-19-15-7-4-13(16)8-12(15)10-18-14-5-2-11(9-17)3-6-14/h2-8,18H,10H2,1H3. The quantitative estimate of drug-likeness (QED) is 0.929. The van der Waals surface area contributed by atoms with E-state index in [9.17, 15) is 0 Å². The number of anilines is 1. The Morgan fingerprint density at radius 2 is 1.95 bits per heavy atom. The van der Waals surface area contributed by atoms with Crippen molar-refractivity contribution >= 4 is 21.6 Å². The predicted molar refractivity (Wildman–Crippen MR) is 79.2 cm³/mol. The molecule has 0 aliphatic rings. The van der Waals surface area contributed by atoms with Crippen molar-refractivity contribution in [1.82, 2.24) is 0 Å². The fourth-order valence-electron chi connectivity index (χ4n) is 1.75. The highest BCUT2D eigenvalue weighted by Gasteiger charge is 2.03. The minimum Gasteiger partial charge on any atom is -0.496 e. The van der Waals surface area contributed by atoms with Gasteiger partial charge in [0.15, 0.2) is 0 Å². The van der Waals surface area contributed by atoms with Crippen molar-refractivity contribution in [3.8, 4) is 11.8 Å². The normalized spacial score (nSPS) is 9.74. The molecule has 0 saturated heterocycles. The summed E-state index contributed by atoms with van der Waals surface area (Å²) in [6.45, 7) is 0.661. The third-order valence-electron chi connectivity index (χ3n) is 2.74. The minimum absolute atomic E-state index is 0.658. The van der Waals surface area contributed by atoms with Crippen molar-refractivity contribution in [1.29, 1.82) is 5.26 Å². The van der Waals surface area contributed by atoms with Crippen LogP contribution in [-0.2, 0) is 6.54 Å². The van der Waals surface area contributed by atoms with Crippen LogP contribution in [0.1, 0.15) is 11.1 Å². The van der Waals surface area contributed by atoms with E-state index < -0.39 is 0 Å². The summed E-state index contributed by atoms with van der Waals surface area (Å²) in [6.07, 6.45) is 0. The topological polar surface area (TPSA) is 45.0 Å². The fourth-order valence-corrected chi connectivity index (χ4v) is 2.15. The molecule has 0 fully saturated rings. The van der Waals surface area contributed by atoms with Gasteiger partial charge in [-0.2, -0.15) is 5.26 Å². The molecule has 2 rings (SSSR count). The average Bonchev–Trinajstić information content (AvgIpc) is 2.46. The molecule has 1 N–H and O–H groups in total. The first-order chi connectivity index (χ1) is 9.22. The highest BCUT2D eigenvalue weighted by molar-refractivity contribution is 9.10. The van der Waals surface area contributed by atoms with Crippen LogP contribution in [0.4, 0.5) is 5.69 Å². The summed E-state index contributed by atoms with van der Waals surface area (Å²) in [7, 11) is 1.66. The third-order valence-corrected chi connectivity index (χ3v) is 3.23. The van der Waals surface area contributed by atoms with Gasteiger partial charge in [-0.15, -0.1) is 0 Å². The Morgan fingerprint density at radius 1 is 1.21 bits per heavy atom. The van der Waals surface area contributed by atoms with Crippen molar-refractivity contribution in [2.45, 2.75) is 6.54 Å². The first kappa shape index (κ1) is 13.4. The number of hydrogen-bond donors (Lipinski definition) is 1. The summed E-state index contributed by atoms with van der Waals surface area (Å²) in [5.41, 5.74) is 2.70.